The average Bonchev–Trinajstić information content (AvgIpc) is 2.15. The molecular formula is C12H17Br2N. The molecule has 0 saturated heterocycles. The highest BCUT2D eigenvalue weighted by Crippen LogP contribution is 2.30. The van der Waals surface area contributed by atoms with Gasteiger partial charge in [0, 0.05) is 28.1 Å². The van der Waals surface area contributed by atoms with Crippen molar-refractivity contribution in [3.05, 3.63) is 28.2 Å². The minimum atomic E-state index is 0.137. The molecule has 0 atom stereocenters. The van der Waals surface area contributed by atoms with Gasteiger partial charge in [0.05, 0.1) is 0 Å². The molecule has 0 bridgehead atoms. The molecule has 0 spiro atoms. The van der Waals surface area contributed by atoms with Gasteiger partial charge < -0.3 is 4.90 Å². The molecule has 84 valence electrons. The molecule has 0 aliphatic rings. The second-order valence-corrected chi connectivity index (χ2v) is 6.11. The van der Waals surface area contributed by atoms with E-state index in [1.807, 2.05) is 0 Å². The van der Waals surface area contributed by atoms with Crippen molar-refractivity contribution in [2.75, 3.05) is 11.9 Å². The third-order valence-corrected chi connectivity index (χ3v) is 3.66. The lowest BCUT2D eigenvalue weighted by Crippen LogP contribution is -2.38. The molecule has 0 radical (unpaired) electrons. The van der Waals surface area contributed by atoms with Crippen molar-refractivity contribution in [1.29, 1.82) is 0 Å². The summed E-state index contributed by atoms with van der Waals surface area (Å²) in [6.45, 7) is 6.64. The number of rotatable bonds is 2. The monoisotopic (exact) mass is 333 g/mol. The summed E-state index contributed by atoms with van der Waals surface area (Å²) in [4.78, 5) is 2.30. The van der Waals surface area contributed by atoms with Crippen LogP contribution in [0.15, 0.2) is 22.7 Å². The summed E-state index contributed by atoms with van der Waals surface area (Å²) in [6, 6.07) is 6.40. The van der Waals surface area contributed by atoms with Crippen molar-refractivity contribution in [2.45, 2.75) is 31.6 Å². The highest BCUT2D eigenvalue weighted by atomic mass is 79.9. The summed E-state index contributed by atoms with van der Waals surface area (Å²) in [5.74, 6) is 0. The first-order valence-corrected chi connectivity index (χ1v) is 6.86. The van der Waals surface area contributed by atoms with E-state index in [-0.39, 0.29) is 5.54 Å². The SMILES string of the molecule is CN(c1cc(Br)ccc1CBr)C(C)(C)C. The zero-order valence-electron chi connectivity index (χ0n) is 9.64. The van der Waals surface area contributed by atoms with Crippen molar-refractivity contribution >= 4 is 37.5 Å². The fourth-order valence-electron chi connectivity index (χ4n) is 1.32. The number of hydrogen-bond donors (Lipinski definition) is 0. The molecule has 1 nitrogen and oxygen atoms in total. The molecule has 1 aromatic rings. The van der Waals surface area contributed by atoms with Gasteiger partial charge in [-0.1, -0.05) is 37.9 Å². The minimum absolute atomic E-state index is 0.137. The molecule has 0 amide bonds. The Morgan fingerprint density at radius 2 is 1.87 bits per heavy atom. The largest absolute Gasteiger partial charge is 0.369 e. The van der Waals surface area contributed by atoms with Gasteiger partial charge in [-0.2, -0.15) is 0 Å². The summed E-state index contributed by atoms with van der Waals surface area (Å²) < 4.78 is 1.12. The number of halogens is 2. The first-order chi connectivity index (χ1) is 6.86. The van der Waals surface area contributed by atoms with E-state index in [2.05, 4.69) is 82.8 Å². The number of benzene rings is 1. The molecule has 0 fully saturated rings. The van der Waals surface area contributed by atoms with Crippen LogP contribution in [-0.2, 0) is 5.33 Å². The zero-order valence-corrected chi connectivity index (χ0v) is 12.8. The molecule has 1 rings (SSSR count). The molecule has 0 N–H and O–H groups in total. The molecule has 0 aromatic heterocycles. The van der Waals surface area contributed by atoms with E-state index < -0.39 is 0 Å². The second-order valence-electron chi connectivity index (χ2n) is 4.64. The summed E-state index contributed by atoms with van der Waals surface area (Å²) in [5.41, 5.74) is 2.72. The Bertz CT molecular complexity index is 342. The van der Waals surface area contributed by atoms with E-state index in [1.165, 1.54) is 11.3 Å². The molecule has 0 aliphatic heterocycles. The normalized spacial score (nSPS) is 11.6. The van der Waals surface area contributed by atoms with Crippen LogP contribution >= 0.6 is 31.9 Å². The van der Waals surface area contributed by atoms with Crippen LogP contribution in [0.1, 0.15) is 26.3 Å². The lowest BCUT2D eigenvalue weighted by molar-refractivity contribution is 0.537. The standard InChI is InChI=1S/C12H17Br2N/c1-12(2,3)15(4)11-7-10(14)6-5-9(11)8-13/h5-7H,8H2,1-4H3. The van der Waals surface area contributed by atoms with Crippen molar-refractivity contribution in [3.8, 4) is 0 Å². The van der Waals surface area contributed by atoms with Crippen molar-refractivity contribution in [1.82, 2.24) is 0 Å². The van der Waals surface area contributed by atoms with Crippen LogP contribution in [0.2, 0.25) is 0 Å². The molecule has 1 aromatic carbocycles. The first-order valence-electron chi connectivity index (χ1n) is 4.94. The summed E-state index contributed by atoms with van der Waals surface area (Å²) in [5, 5.41) is 0.885. The Hall–Kier alpha value is -0.0200. The first kappa shape index (κ1) is 13.0. The minimum Gasteiger partial charge on any atom is -0.369 e. The van der Waals surface area contributed by atoms with Crippen LogP contribution in [0, 0.1) is 0 Å². The van der Waals surface area contributed by atoms with Crippen molar-refractivity contribution in [3.63, 3.8) is 0 Å². The van der Waals surface area contributed by atoms with E-state index in [0.717, 1.165) is 9.80 Å². The topological polar surface area (TPSA) is 3.24 Å². The second kappa shape index (κ2) is 4.88. The molecule has 0 saturated carbocycles. The van der Waals surface area contributed by atoms with Crippen LogP contribution in [0.4, 0.5) is 5.69 Å². The van der Waals surface area contributed by atoms with Crippen LogP contribution in [0.5, 0.6) is 0 Å². The van der Waals surface area contributed by atoms with Gasteiger partial charge in [0.15, 0.2) is 0 Å². The van der Waals surface area contributed by atoms with E-state index in [1.54, 1.807) is 0 Å². The molecule has 15 heavy (non-hydrogen) atoms. The lowest BCUT2D eigenvalue weighted by atomic mass is 10.0. The third kappa shape index (κ3) is 3.22. The predicted octanol–water partition coefficient (Wildman–Crippen LogP) is 4.58. The van der Waals surface area contributed by atoms with Gasteiger partial charge in [-0.25, -0.2) is 0 Å². The Morgan fingerprint density at radius 1 is 1.27 bits per heavy atom. The maximum Gasteiger partial charge on any atom is 0.0420 e. The van der Waals surface area contributed by atoms with E-state index >= 15 is 0 Å². The number of anilines is 1. The van der Waals surface area contributed by atoms with Gasteiger partial charge >= 0.3 is 0 Å². The quantitative estimate of drug-likeness (QED) is 0.715. The van der Waals surface area contributed by atoms with Gasteiger partial charge in [-0.15, -0.1) is 0 Å². The smallest absolute Gasteiger partial charge is 0.0420 e. The maximum atomic E-state index is 3.53. The highest BCUT2D eigenvalue weighted by molar-refractivity contribution is 9.10. The average molecular weight is 335 g/mol. The molecule has 3 heteroatoms. The molecular weight excluding hydrogens is 318 g/mol. The number of alkyl halides is 1. The third-order valence-electron chi connectivity index (χ3n) is 2.56. The Labute approximate surface area is 109 Å². The van der Waals surface area contributed by atoms with E-state index in [0.29, 0.717) is 0 Å². The van der Waals surface area contributed by atoms with Gasteiger partial charge in [-0.05, 0) is 38.5 Å². The lowest BCUT2D eigenvalue weighted by Gasteiger charge is -2.35. The fraction of sp³-hybridized carbons (Fsp3) is 0.500. The summed E-state index contributed by atoms with van der Waals surface area (Å²) >= 11 is 7.04. The van der Waals surface area contributed by atoms with E-state index in [4.69, 9.17) is 0 Å². The van der Waals surface area contributed by atoms with Gasteiger partial charge in [0.1, 0.15) is 0 Å². The highest BCUT2D eigenvalue weighted by Gasteiger charge is 2.19. The van der Waals surface area contributed by atoms with Gasteiger partial charge in [0.25, 0.3) is 0 Å². The zero-order chi connectivity index (χ0) is 11.6. The van der Waals surface area contributed by atoms with Crippen LogP contribution in [0.3, 0.4) is 0 Å². The van der Waals surface area contributed by atoms with E-state index in [9.17, 15) is 0 Å². The van der Waals surface area contributed by atoms with Crippen molar-refractivity contribution < 1.29 is 0 Å². The summed E-state index contributed by atoms with van der Waals surface area (Å²) in [7, 11) is 2.13. The summed E-state index contributed by atoms with van der Waals surface area (Å²) in [6.07, 6.45) is 0. The number of hydrogen-bond acceptors (Lipinski definition) is 1. The fourth-order valence-corrected chi connectivity index (χ4v) is 2.15. The van der Waals surface area contributed by atoms with Crippen molar-refractivity contribution in [2.24, 2.45) is 0 Å². The van der Waals surface area contributed by atoms with Gasteiger partial charge in [-0.3, -0.25) is 0 Å². The molecule has 0 unspecified atom stereocenters. The van der Waals surface area contributed by atoms with Gasteiger partial charge in [0.2, 0.25) is 0 Å². The molecule has 0 aliphatic carbocycles. The number of nitrogens with zero attached hydrogens (tertiary/aromatic N) is 1. The van der Waals surface area contributed by atoms with Crippen LogP contribution in [-0.4, -0.2) is 12.6 Å². The van der Waals surface area contributed by atoms with Crippen LogP contribution in [0.25, 0.3) is 0 Å². The Balaban J connectivity index is 3.17. The predicted molar refractivity (Wildman–Crippen MR) is 74.9 cm³/mol. The maximum absolute atomic E-state index is 3.53. The Kier molecular flexibility index (Phi) is 4.24. The van der Waals surface area contributed by atoms with Crippen LogP contribution < -0.4 is 4.90 Å². The Morgan fingerprint density at radius 3 is 2.33 bits per heavy atom. The molecule has 0 heterocycles.